The largest absolute Gasteiger partial charge is 0.454 e. The summed E-state index contributed by atoms with van der Waals surface area (Å²) in [7, 11) is 0. The zero-order valence-electron chi connectivity index (χ0n) is 12.4. The van der Waals surface area contributed by atoms with E-state index < -0.39 is 0 Å². The number of anilines is 1. The fourth-order valence-electron chi connectivity index (χ4n) is 2.06. The third-order valence-corrected chi connectivity index (χ3v) is 3.17. The highest BCUT2D eigenvalue weighted by molar-refractivity contribution is 5.95. The highest BCUT2D eigenvalue weighted by atomic mass is 16.7. The van der Waals surface area contributed by atoms with E-state index in [1.54, 1.807) is 31.2 Å². The van der Waals surface area contributed by atoms with E-state index in [2.05, 4.69) is 15.8 Å². The SMILES string of the molecule is Cc1cc(NC(=O)CCNC(=O)c2ccc3c(c2)OCO3)no1. The van der Waals surface area contributed by atoms with Crippen LogP contribution >= 0.6 is 0 Å². The van der Waals surface area contributed by atoms with E-state index in [1.165, 1.54) is 0 Å². The smallest absolute Gasteiger partial charge is 0.251 e. The zero-order chi connectivity index (χ0) is 16.2. The maximum atomic E-state index is 12.0. The number of ether oxygens (including phenoxy) is 2. The van der Waals surface area contributed by atoms with Crippen molar-refractivity contribution in [1.29, 1.82) is 0 Å². The molecule has 2 amide bonds. The van der Waals surface area contributed by atoms with Crippen LogP contribution in [0.2, 0.25) is 0 Å². The molecule has 0 atom stereocenters. The highest BCUT2D eigenvalue weighted by Crippen LogP contribution is 2.32. The third kappa shape index (κ3) is 3.60. The first-order chi connectivity index (χ1) is 11.1. The van der Waals surface area contributed by atoms with Gasteiger partial charge in [-0.1, -0.05) is 5.16 Å². The Morgan fingerprint density at radius 3 is 2.83 bits per heavy atom. The quantitative estimate of drug-likeness (QED) is 0.865. The molecule has 23 heavy (non-hydrogen) atoms. The molecule has 8 nitrogen and oxygen atoms in total. The molecule has 2 aromatic rings. The number of nitrogens with zero attached hydrogens (tertiary/aromatic N) is 1. The summed E-state index contributed by atoms with van der Waals surface area (Å²) in [5.41, 5.74) is 0.446. The predicted octanol–water partition coefficient (Wildman–Crippen LogP) is 1.47. The fraction of sp³-hybridized carbons (Fsp3) is 0.267. The van der Waals surface area contributed by atoms with E-state index in [0.717, 1.165) is 0 Å². The molecule has 0 aliphatic carbocycles. The number of rotatable bonds is 5. The topological polar surface area (TPSA) is 103 Å². The van der Waals surface area contributed by atoms with Crippen LogP contribution in [0, 0.1) is 6.92 Å². The van der Waals surface area contributed by atoms with E-state index in [1.807, 2.05) is 0 Å². The van der Waals surface area contributed by atoms with E-state index in [0.29, 0.717) is 28.6 Å². The van der Waals surface area contributed by atoms with Crippen molar-refractivity contribution < 1.29 is 23.6 Å². The van der Waals surface area contributed by atoms with Gasteiger partial charge in [-0.15, -0.1) is 0 Å². The summed E-state index contributed by atoms with van der Waals surface area (Å²) in [4.78, 5) is 23.7. The van der Waals surface area contributed by atoms with Crippen molar-refractivity contribution in [3.8, 4) is 11.5 Å². The lowest BCUT2D eigenvalue weighted by Gasteiger charge is -2.06. The number of carbonyl (C=O) groups excluding carboxylic acids is 2. The molecule has 1 aromatic carbocycles. The van der Waals surface area contributed by atoms with Crippen molar-refractivity contribution in [2.24, 2.45) is 0 Å². The lowest BCUT2D eigenvalue weighted by atomic mass is 10.2. The fourth-order valence-corrected chi connectivity index (χ4v) is 2.06. The molecule has 1 aliphatic rings. The Balaban J connectivity index is 1.46. The molecular weight excluding hydrogens is 302 g/mol. The van der Waals surface area contributed by atoms with Crippen molar-refractivity contribution in [2.45, 2.75) is 13.3 Å². The van der Waals surface area contributed by atoms with Crippen LogP contribution in [0.1, 0.15) is 22.5 Å². The summed E-state index contributed by atoms with van der Waals surface area (Å²) in [6.45, 7) is 2.09. The van der Waals surface area contributed by atoms with Gasteiger partial charge in [-0.2, -0.15) is 0 Å². The number of aryl methyl sites for hydroxylation is 1. The van der Waals surface area contributed by atoms with Crippen LogP contribution in [0.15, 0.2) is 28.8 Å². The summed E-state index contributed by atoms with van der Waals surface area (Å²) in [5, 5.41) is 8.91. The lowest BCUT2D eigenvalue weighted by Crippen LogP contribution is -2.27. The number of amides is 2. The summed E-state index contributed by atoms with van der Waals surface area (Å²) < 4.78 is 15.2. The third-order valence-electron chi connectivity index (χ3n) is 3.17. The van der Waals surface area contributed by atoms with Crippen LogP contribution in [0.5, 0.6) is 11.5 Å². The zero-order valence-corrected chi connectivity index (χ0v) is 12.4. The molecule has 8 heteroatoms. The number of aromatic nitrogens is 1. The molecule has 3 rings (SSSR count). The van der Waals surface area contributed by atoms with Gasteiger partial charge in [0.25, 0.3) is 5.91 Å². The second-order valence-electron chi connectivity index (χ2n) is 4.94. The Morgan fingerprint density at radius 1 is 1.22 bits per heavy atom. The van der Waals surface area contributed by atoms with Gasteiger partial charge in [0.1, 0.15) is 5.76 Å². The molecule has 1 aromatic heterocycles. The van der Waals surface area contributed by atoms with E-state index in [4.69, 9.17) is 14.0 Å². The summed E-state index contributed by atoms with van der Waals surface area (Å²) in [6, 6.07) is 6.54. The molecule has 0 unspecified atom stereocenters. The van der Waals surface area contributed by atoms with Crippen LogP contribution in [0.3, 0.4) is 0 Å². The van der Waals surface area contributed by atoms with Gasteiger partial charge in [0, 0.05) is 24.6 Å². The molecule has 0 bridgehead atoms. The molecule has 0 spiro atoms. The average Bonchev–Trinajstić information content (AvgIpc) is 3.15. The number of hydrogen-bond acceptors (Lipinski definition) is 6. The van der Waals surface area contributed by atoms with Gasteiger partial charge in [-0.05, 0) is 25.1 Å². The van der Waals surface area contributed by atoms with E-state index in [-0.39, 0.29) is 31.6 Å². The van der Waals surface area contributed by atoms with Gasteiger partial charge in [-0.3, -0.25) is 9.59 Å². The maximum Gasteiger partial charge on any atom is 0.251 e. The summed E-state index contributed by atoms with van der Waals surface area (Å²) in [5.74, 6) is 1.57. The Morgan fingerprint density at radius 2 is 2.04 bits per heavy atom. The van der Waals surface area contributed by atoms with Crippen molar-refractivity contribution in [3.05, 3.63) is 35.6 Å². The van der Waals surface area contributed by atoms with Gasteiger partial charge >= 0.3 is 0 Å². The van der Waals surface area contributed by atoms with Crippen LogP contribution in [0.4, 0.5) is 5.82 Å². The van der Waals surface area contributed by atoms with Crippen LogP contribution in [0.25, 0.3) is 0 Å². The minimum atomic E-state index is -0.284. The molecule has 0 fully saturated rings. The highest BCUT2D eigenvalue weighted by Gasteiger charge is 2.16. The Hall–Kier alpha value is -3.03. The van der Waals surface area contributed by atoms with Gasteiger partial charge in [0.15, 0.2) is 17.3 Å². The van der Waals surface area contributed by atoms with Crippen molar-refractivity contribution in [3.63, 3.8) is 0 Å². The van der Waals surface area contributed by atoms with Crippen LogP contribution in [-0.4, -0.2) is 30.3 Å². The minimum absolute atomic E-state index is 0.127. The first kappa shape index (κ1) is 14.9. The van der Waals surface area contributed by atoms with Gasteiger partial charge < -0.3 is 24.6 Å². The van der Waals surface area contributed by atoms with Crippen LogP contribution in [-0.2, 0) is 4.79 Å². The van der Waals surface area contributed by atoms with Crippen molar-refractivity contribution in [2.75, 3.05) is 18.7 Å². The second kappa shape index (κ2) is 6.39. The molecule has 2 N–H and O–H groups in total. The number of nitrogens with one attached hydrogen (secondary N) is 2. The number of benzene rings is 1. The van der Waals surface area contributed by atoms with Gasteiger partial charge in [-0.25, -0.2) is 0 Å². The van der Waals surface area contributed by atoms with Gasteiger partial charge in [0.2, 0.25) is 12.7 Å². The molecule has 0 radical (unpaired) electrons. The normalized spacial score (nSPS) is 12.0. The number of carbonyl (C=O) groups is 2. The molecule has 0 saturated carbocycles. The van der Waals surface area contributed by atoms with Crippen LogP contribution < -0.4 is 20.1 Å². The minimum Gasteiger partial charge on any atom is -0.454 e. The monoisotopic (exact) mass is 317 g/mol. The van der Waals surface area contributed by atoms with E-state index in [9.17, 15) is 9.59 Å². The van der Waals surface area contributed by atoms with Gasteiger partial charge in [0.05, 0.1) is 0 Å². The van der Waals surface area contributed by atoms with Crippen molar-refractivity contribution >= 4 is 17.6 Å². The molecule has 0 saturated heterocycles. The Kier molecular flexibility index (Phi) is 4.13. The first-order valence-corrected chi connectivity index (χ1v) is 7.03. The molecule has 120 valence electrons. The predicted molar refractivity (Wildman–Crippen MR) is 79.4 cm³/mol. The second-order valence-corrected chi connectivity index (χ2v) is 4.94. The molecule has 2 heterocycles. The average molecular weight is 317 g/mol. The summed E-state index contributed by atoms with van der Waals surface area (Å²) in [6.07, 6.45) is 0.127. The lowest BCUT2D eigenvalue weighted by molar-refractivity contribution is -0.116. The molecular formula is C15H15N3O5. The standard InChI is InChI=1S/C15H15N3O5/c1-9-6-13(18-23-9)17-14(19)4-5-16-15(20)10-2-3-11-12(7-10)22-8-21-11/h2-3,6-7H,4-5,8H2,1H3,(H,16,20)(H,17,18,19). The van der Waals surface area contributed by atoms with E-state index >= 15 is 0 Å². The van der Waals surface area contributed by atoms with Crippen molar-refractivity contribution in [1.82, 2.24) is 10.5 Å². The Labute approximate surface area is 131 Å². The first-order valence-electron chi connectivity index (χ1n) is 7.03. The maximum absolute atomic E-state index is 12.0. The Bertz CT molecular complexity index is 740. The molecule has 1 aliphatic heterocycles. The summed E-state index contributed by atoms with van der Waals surface area (Å²) >= 11 is 0. The number of hydrogen-bond donors (Lipinski definition) is 2. The number of fused-ring (bicyclic) bond motifs is 1.